The highest BCUT2D eigenvalue weighted by Gasteiger charge is 2.25. The molecule has 7 nitrogen and oxygen atoms in total. The maximum Gasteiger partial charge on any atom is 0.408 e. The summed E-state index contributed by atoms with van der Waals surface area (Å²) in [7, 11) is 0. The van der Waals surface area contributed by atoms with E-state index in [4.69, 9.17) is 9.47 Å². The van der Waals surface area contributed by atoms with Crippen LogP contribution in [-0.4, -0.2) is 47.2 Å². The summed E-state index contributed by atoms with van der Waals surface area (Å²) in [6.45, 7) is 11.8. The summed E-state index contributed by atoms with van der Waals surface area (Å²) >= 11 is 0. The van der Waals surface area contributed by atoms with Gasteiger partial charge in [0.25, 0.3) is 0 Å². The van der Waals surface area contributed by atoms with Crippen LogP contribution in [0.15, 0.2) is 0 Å². The van der Waals surface area contributed by atoms with Gasteiger partial charge < -0.3 is 25.2 Å². The molecule has 0 rings (SSSR count). The fraction of sp³-hybridized carbons (Fsp3) is 0.857. The standard InChI is InChI=1S/C14H28N2O5/c1-9(15-11(18)20-13(2,3)4)10(8-17)16-12(19)21-14(5,6)7/h9-10,17H,8H2,1-7H3,(H,15,18)(H,16,19)/t9-,10-/m1/s1. The van der Waals surface area contributed by atoms with Crippen LogP contribution in [0.1, 0.15) is 48.5 Å². The minimum absolute atomic E-state index is 0.337. The molecular weight excluding hydrogens is 276 g/mol. The van der Waals surface area contributed by atoms with Gasteiger partial charge in [-0.1, -0.05) is 0 Å². The van der Waals surface area contributed by atoms with Crippen molar-refractivity contribution >= 4 is 12.2 Å². The van der Waals surface area contributed by atoms with Gasteiger partial charge in [-0.2, -0.15) is 0 Å². The minimum Gasteiger partial charge on any atom is -0.444 e. The van der Waals surface area contributed by atoms with Gasteiger partial charge in [0.05, 0.1) is 18.7 Å². The van der Waals surface area contributed by atoms with Gasteiger partial charge in [0.2, 0.25) is 0 Å². The molecular formula is C14H28N2O5. The van der Waals surface area contributed by atoms with Crippen molar-refractivity contribution in [3.8, 4) is 0 Å². The van der Waals surface area contributed by atoms with Crippen molar-refractivity contribution in [3.63, 3.8) is 0 Å². The van der Waals surface area contributed by atoms with Gasteiger partial charge in [0.15, 0.2) is 0 Å². The van der Waals surface area contributed by atoms with E-state index in [0.717, 1.165) is 0 Å². The summed E-state index contributed by atoms with van der Waals surface area (Å²) in [4.78, 5) is 23.3. The first-order valence-corrected chi connectivity index (χ1v) is 6.94. The molecule has 0 aromatic rings. The Morgan fingerprint density at radius 2 is 1.33 bits per heavy atom. The molecule has 0 saturated heterocycles. The molecule has 0 bridgehead atoms. The quantitative estimate of drug-likeness (QED) is 0.735. The summed E-state index contributed by atoms with van der Waals surface area (Å²) in [5, 5.41) is 14.4. The van der Waals surface area contributed by atoms with Crippen LogP contribution in [0.25, 0.3) is 0 Å². The van der Waals surface area contributed by atoms with Crippen LogP contribution in [0.5, 0.6) is 0 Å². The van der Waals surface area contributed by atoms with Crippen LogP contribution in [0, 0.1) is 0 Å². The van der Waals surface area contributed by atoms with Gasteiger partial charge in [-0.25, -0.2) is 9.59 Å². The summed E-state index contributed by atoms with van der Waals surface area (Å²) in [6, 6.07) is -1.19. The molecule has 0 aliphatic carbocycles. The Morgan fingerprint density at radius 1 is 0.952 bits per heavy atom. The predicted octanol–water partition coefficient (Wildman–Crippen LogP) is 1.79. The third-order valence-electron chi connectivity index (χ3n) is 2.25. The predicted molar refractivity (Wildman–Crippen MR) is 79.1 cm³/mol. The molecule has 2 amide bonds. The lowest BCUT2D eigenvalue weighted by atomic mass is 10.1. The topological polar surface area (TPSA) is 96.9 Å². The summed E-state index contributed by atoms with van der Waals surface area (Å²) < 4.78 is 10.2. The number of amides is 2. The van der Waals surface area contributed by atoms with E-state index in [2.05, 4.69) is 10.6 Å². The van der Waals surface area contributed by atoms with Crippen LogP contribution in [-0.2, 0) is 9.47 Å². The zero-order chi connectivity index (χ0) is 16.8. The van der Waals surface area contributed by atoms with Gasteiger partial charge in [-0.15, -0.1) is 0 Å². The van der Waals surface area contributed by atoms with Crippen molar-refractivity contribution in [1.82, 2.24) is 10.6 Å². The first-order chi connectivity index (χ1) is 9.34. The Balaban J connectivity index is 4.46. The molecule has 7 heteroatoms. The van der Waals surface area contributed by atoms with E-state index in [9.17, 15) is 14.7 Å². The lowest BCUT2D eigenvalue weighted by Gasteiger charge is -2.27. The van der Waals surface area contributed by atoms with E-state index in [0.29, 0.717) is 0 Å². The number of rotatable bonds is 4. The maximum absolute atomic E-state index is 11.7. The van der Waals surface area contributed by atoms with E-state index in [1.807, 2.05) is 0 Å². The normalized spacial score (nSPS) is 14.9. The van der Waals surface area contributed by atoms with Crippen molar-refractivity contribution in [2.75, 3.05) is 6.61 Å². The third kappa shape index (κ3) is 9.95. The average molecular weight is 304 g/mol. The van der Waals surface area contributed by atoms with Crippen molar-refractivity contribution < 1.29 is 24.2 Å². The highest BCUT2D eigenvalue weighted by atomic mass is 16.6. The molecule has 3 N–H and O–H groups in total. The molecule has 124 valence electrons. The Kier molecular flexibility index (Phi) is 6.96. The van der Waals surface area contributed by atoms with Crippen LogP contribution in [0.2, 0.25) is 0 Å². The molecule has 0 saturated carbocycles. The first kappa shape index (κ1) is 19.5. The number of nitrogens with one attached hydrogen (secondary N) is 2. The monoisotopic (exact) mass is 304 g/mol. The zero-order valence-electron chi connectivity index (χ0n) is 13.9. The highest BCUT2D eigenvalue weighted by Crippen LogP contribution is 2.08. The number of carbonyl (C=O) groups is 2. The van der Waals surface area contributed by atoms with Crippen molar-refractivity contribution in [2.45, 2.75) is 71.8 Å². The second-order valence-electron chi connectivity index (χ2n) is 6.87. The van der Waals surface area contributed by atoms with Gasteiger partial charge in [0.1, 0.15) is 11.2 Å². The van der Waals surface area contributed by atoms with Crippen LogP contribution >= 0.6 is 0 Å². The lowest BCUT2D eigenvalue weighted by Crippen LogP contribution is -2.53. The molecule has 0 radical (unpaired) electrons. The Hall–Kier alpha value is -1.50. The van der Waals surface area contributed by atoms with Gasteiger partial charge in [-0.3, -0.25) is 0 Å². The number of hydrogen-bond acceptors (Lipinski definition) is 5. The molecule has 0 unspecified atom stereocenters. The second kappa shape index (κ2) is 7.49. The molecule has 0 spiro atoms. The lowest BCUT2D eigenvalue weighted by molar-refractivity contribution is 0.0407. The minimum atomic E-state index is -0.674. The molecule has 21 heavy (non-hydrogen) atoms. The first-order valence-electron chi connectivity index (χ1n) is 6.94. The molecule has 0 fully saturated rings. The van der Waals surface area contributed by atoms with Crippen molar-refractivity contribution in [1.29, 1.82) is 0 Å². The Morgan fingerprint density at radius 3 is 1.67 bits per heavy atom. The zero-order valence-corrected chi connectivity index (χ0v) is 13.9. The molecule has 0 heterocycles. The van der Waals surface area contributed by atoms with E-state index in [1.165, 1.54) is 0 Å². The van der Waals surface area contributed by atoms with Crippen LogP contribution in [0.3, 0.4) is 0 Å². The van der Waals surface area contributed by atoms with Crippen molar-refractivity contribution in [3.05, 3.63) is 0 Å². The fourth-order valence-electron chi connectivity index (χ4n) is 1.38. The van der Waals surface area contributed by atoms with Crippen LogP contribution < -0.4 is 10.6 Å². The number of aliphatic hydroxyl groups is 1. The van der Waals surface area contributed by atoms with Crippen molar-refractivity contribution in [2.24, 2.45) is 0 Å². The molecule has 0 aliphatic heterocycles. The average Bonchev–Trinajstić information content (AvgIpc) is 2.19. The van der Waals surface area contributed by atoms with E-state index >= 15 is 0 Å². The van der Waals surface area contributed by atoms with E-state index < -0.39 is 35.5 Å². The molecule has 0 aliphatic rings. The molecule has 0 aromatic carbocycles. The molecule has 2 atom stereocenters. The maximum atomic E-state index is 11.7. The summed E-state index contributed by atoms with van der Waals surface area (Å²) in [5.74, 6) is 0. The summed E-state index contributed by atoms with van der Waals surface area (Å²) in [6.07, 6.45) is -1.26. The highest BCUT2D eigenvalue weighted by molar-refractivity contribution is 5.70. The SMILES string of the molecule is C[C@@H](NC(=O)OC(C)(C)C)[C@@H](CO)NC(=O)OC(C)(C)C. The smallest absolute Gasteiger partial charge is 0.408 e. The number of carbonyl (C=O) groups excluding carboxylic acids is 2. The number of ether oxygens (including phenoxy) is 2. The fourth-order valence-corrected chi connectivity index (χ4v) is 1.38. The summed E-state index contributed by atoms with van der Waals surface area (Å²) in [5.41, 5.74) is -1.25. The van der Waals surface area contributed by atoms with Gasteiger partial charge in [-0.05, 0) is 48.5 Å². The molecule has 0 aromatic heterocycles. The second-order valence-corrected chi connectivity index (χ2v) is 6.87. The van der Waals surface area contributed by atoms with Crippen LogP contribution in [0.4, 0.5) is 9.59 Å². The number of aliphatic hydroxyl groups excluding tert-OH is 1. The number of hydrogen-bond donors (Lipinski definition) is 3. The van der Waals surface area contributed by atoms with Gasteiger partial charge >= 0.3 is 12.2 Å². The Bertz CT molecular complexity index is 357. The third-order valence-corrected chi connectivity index (χ3v) is 2.25. The largest absolute Gasteiger partial charge is 0.444 e. The Labute approximate surface area is 126 Å². The number of alkyl carbamates (subject to hydrolysis) is 2. The van der Waals surface area contributed by atoms with E-state index in [1.54, 1.807) is 48.5 Å². The van der Waals surface area contributed by atoms with Gasteiger partial charge in [0, 0.05) is 0 Å². The van der Waals surface area contributed by atoms with E-state index in [-0.39, 0.29) is 6.61 Å².